The molecule has 1 rings (SSSR count). The molecule has 0 aliphatic rings. The van der Waals surface area contributed by atoms with Crippen LogP contribution in [0.25, 0.3) is 0 Å². The molecule has 108 valence electrons. The van der Waals surface area contributed by atoms with Gasteiger partial charge in [0.2, 0.25) is 10.0 Å². The second-order valence-corrected chi connectivity index (χ2v) is 6.55. The Morgan fingerprint density at radius 1 is 1.32 bits per heavy atom. The van der Waals surface area contributed by atoms with E-state index in [1.165, 1.54) is 16.4 Å². The first-order chi connectivity index (χ1) is 8.88. The third-order valence-corrected chi connectivity index (χ3v) is 5.15. The lowest BCUT2D eigenvalue weighted by Crippen LogP contribution is -2.31. The summed E-state index contributed by atoms with van der Waals surface area (Å²) in [6, 6.07) is 2.68. The van der Waals surface area contributed by atoms with Crippen LogP contribution in [0.3, 0.4) is 0 Å². The number of sulfonamides is 1. The van der Waals surface area contributed by atoms with Gasteiger partial charge < -0.3 is 0 Å². The van der Waals surface area contributed by atoms with E-state index >= 15 is 0 Å². The Hall–Kier alpha value is -0.650. The van der Waals surface area contributed by atoms with Crippen molar-refractivity contribution in [3.63, 3.8) is 0 Å². The highest BCUT2D eigenvalue weighted by Gasteiger charge is 2.24. The summed E-state index contributed by atoms with van der Waals surface area (Å²) in [5, 5.41) is 0. The van der Waals surface area contributed by atoms with E-state index in [9.17, 15) is 12.8 Å². The van der Waals surface area contributed by atoms with Crippen LogP contribution >= 0.6 is 11.6 Å². The fourth-order valence-corrected chi connectivity index (χ4v) is 3.77. The molecule has 3 nitrogen and oxygen atoms in total. The Balaban J connectivity index is 3.32. The molecule has 0 unspecified atom stereocenters. The van der Waals surface area contributed by atoms with Crippen LogP contribution in [0.15, 0.2) is 17.0 Å². The van der Waals surface area contributed by atoms with Crippen LogP contribution < -0.4 is 0 Å². The quantitative estimate of drug-likeness (QED) is 0.756. The molecule has 0 spiro atoms. The molecule has 0 aromatic heterocycles. The molecule has 0 heterocycles. The lowest BCUT2D eigenvalue weighted by molar-refractivity contribution is 0.427. The smallest absolute Gasteiger partial charge is 0.207 e. The first kappa shape index (κ1) is 16.4. The minimum Gasteiger partial charge on any atom is -0.207 e. The van der Waals surface area contributed by atoms with E-state index in [0.29, 0.717) is 18.7 Å². The highest BCUT2D eigenvalue weighted by molar-refractivity contribution is 7.89. The molecule has 0 aliphatic heterocycles. The average Bonchev–Trinajstić information content (AvgIpc) is 2.38. The van der Waals surface area contributed by atoms with Crippen LogP contribution in [0.1, 0.15) is 31.4 Å². The fourth-order valence-electron chi connectivity index (χ4n) is 1.90. The molecule has 1 aromatic carbocycles. The summed E-state index contributed by atoms with van der Waals surface area (Å²) >= 11 is 5.65. The van der Waals surface area contributed by atoms with Crippen LogP contribution in [0.2, 0.25) is 0 Å². The molecule has 6 heteroatoms. The number of hydrogen-bond acceptors (Lipinski definition) is 2. The van der Waals surface area contributed by atoms with Crippen LogP contribution in [0.5, 0.6) is 0 Å². The Morgan fingerprint density at radius 2 is 1.95 bits per heavy atom. The summed E-state index contributed by atoms with van der Waals surface area (Å²) in [5.74, 6) is -0.483. The second kappa shape index (κ2) is 6.68. The Morgan fingerprint density at radius 3 is 2.42 bits per heavy atom. The van der Waals surface area contributed by atoms with E-state index in [1.54, 1.807) is 13.8 Å². The van der Waals surface area contributed by atoms with E-state index in [4.69, 9.17) is 11.6 Å². The third-order valence-electron chi connectivity index (χ3n) is 2.91. The van der Waals surface area contributed by atoms with Gasteiger partial charge in [0.05, 0.1) is 10.8 Å². The first-order valence-corrected chi connectivity index (χ1v) is 8.21. The molecular formula is C13H19ClFNO2S. The number of nitrogens with zero attached hydrogens (tertiary/aromatic N) is 1. The predicted molar refractivity (Wildman–Crippen MR) is 75.4 cm³/mol. The first-order valence-electron chi connectivity index (χ1n) is 6.23. The largest absolute Gasteiger partial charge is 0.243 e. The van der Waals surface area contributed by atoms with Gasteiger partial charge in [-0.05, 0) is 31.0 Å². The van der Waals surface area contributed by atoms with Gasteiger partial charge in [0.1, 0.15) is 5.82 Å². The Kier molecular flexibility index (Phi) is 5.77. The van der Waals surface area contributed by atoms with Gasteiger partial charge in [-0.15, -0.1) is 11.6 Å². The zero-order chi connectivity index (χ0) is 14.6. The number of hydrogen-bond donors (Lipinski definition) is 0. The van der Waals surface area contributed by atoms with Crippen molar-refractivity contribution in [1.29, 1.82) is 0 Å². The number of aryl methyl sites for hydroxylation is 1. The van der Waals surface area contributed by atoms with Crippen LogP contribution in [-0.4, -0.2) is 25.8 Å². The third kappa shape index (κ3) is 3.46. The molecular weight excluding hydrogens is 289 g/mol. The maximum absolute atomic E-state index is 13.7. The lowest BCUT2D eigenvalue weighted by atomic mass is 10.1. The van der Waals surface area contributed by atoms with Gasteiger partial charge in [-0.3, -0.25) is 0 Å². The SMILES string of the molecule is CCCN(CC)S(=O)(=O)c1cc(C)c(F)c(CCl)c1. The topological polar surface area (TPSA) is 37.4 Å². The van der Waals surface area contributed by atoms with Gasteiger partial charge in [-0.1, -0.05) is 13.8 Å². The normalized spacial score (nSPS) is 12.1. The highest BCUT2D eigenvalue weighted by atomic mass is 35.5. The lowest BCUT2D eigenvalue weighted by Gasteiger charge is -2.20. The second-order valence-electron chi connectivity index (χ2n) is 4.34. The van der Waals surface area contributed by atoms with Crippen molar-refractivity contribution in [1.82, 2.24) is 4.31 Å². The van der Waals surface area contributed by atoms with Crippen molar-refractivity contribution in [2.75, 3.05) is 13.1 Å². The van der Waals surface area contributed by atoms with Crippen molar-refractivity contribution >= 4 is 21.6 Å². The summed E-state index contributed by atoms with van der Waals surface area (Å²) in [6.07, 6.45) is 0.732. The molecule has 0 bridgehead atoms. The Labute approximate surface area is 119 Å². The van der Waals surface area contributed by atoms with Gasteiger partial charge in [-0.2, -0.15) is 4.31 Å². The molecule has 0 radical (unpaired) electrons. The van der Waals surface area contributed by atoms with E-state index < -0.39 is 15.8 Å². The zero-order valence-electron chi connectivity index (χ0n) is 11.4. The summed E-state index contributed by atoms with van der Waals surface area (Å²) < 4.78 is 40.0. The maximum Gasteiger partial charge on any atom is 0.243 e. The van der Waals surface area contributed by atoms with Crippen molar-refractivity contribution in [2.24, 2.45) is 0 Å². The minimum atomic E-state index is -3.58. The Bertz CT molecular complexity index is 546. The van der Waals surface area contributed by atoms with Crippen LogP contribution in [-0.2, 0) is 15.9 Å². The van der Waals surface area contributed by atoms with E-state index in [-0.39, 0.29) is 16.3 Å². The minimum absolute atomic E-state index is 0.0457. The summed E-state index contributed by atoms with van der Waals surface area (Å²) in [6.45, 7) is 6.08. The number of benzene rings is 1. The number of rotatable bonds is 6. The molecule has 0 saturated carbocycles. The van der Waals surface area contributed by atoms with Crippen LogP contribution in [0, 0.1) is 12.7 Å². The summed E-state index contributed by atoms with van der Waals surface area (Å²) in [7, 11) is -3.58. The zero-order valence-corrected chi connectivity index (χ0v) is 13.0. The van der Waals surface area contributed by atoms with Gasteiger partial charge in [0.15, 0.2) is 0 Å². The molecule has 0 N–H and O–H groups in total. The standard InChI is InChI=1S/C13H19ClFNO2S/c1-4-6-16(5-2)19(17,18)12-7-10(3)13(15)11(8-12)9-14/h7-8H,4-6,9H2,1-3H3. The maximum atomic E-state index is 13.7. The molecule has 0 saturated heterocycles. The van der Waals surface area contributed by atoms with Gasteiger partial charge in [-0.25, -0.2) is 12.8 Å². The van der Waals surface area contributed by atoms with Gasteiger partial charge in [0.25, 0.3) is 0 Å². The number of alkyl halides is 1. The van der Waals surface area contributed by atoms with Crippen molar-refractivity contribution in [3.05, 3.63) is 29.1 Å². The fraction of sp³-hybridized carbons (Fsp3) is 0.538. The highest BCUT2D eigenvalue weighted by Crippen LogP contribution is 2.23. The van der Waals surface area contributed by atoms with E-state index in [1.807, 2.05) is 6.92 Å². The molecule has 0 amide bonds. The molecule has 0 aliphatic carbocycles. The molecule has 0 atom stereocenters. The van der Waals surface area contributed by atoms with Gasteiger partial charge >= 0.3 is 0 Å². The number of halogens is 2. The van der Waals surface area contributed by atoms with Crippen molar-refractivity contribution < 1.29 is 12.8 Å². The monoisotopic (exact) mass is 307 g/mol. The van der Waals surface area contributed by atoms with Crippen molar-refractivity contribution in [3.8, 4) is 0 Å². The molecule has 0 fully saturated rings. The average molecular weight is 308 g/mol. The predicted octanol–water partition coefficient (Wildman–Crippen LogP) is 3.29. The molecule has 19 heavy (non-hydrogen) atoms. The summed E-state index contributed by atoms with van der Waals surface area (Å²) in [5.41, 5.74) is 0.511. The molecule has 1 aromatic rings. The van der Waals surface area contributed by atoms with E-state index in [2.05, 4.69) is 0 Å². The van der Waals surface area contributed by atoms with E-state index in [0.717, 1.165) is 6.42 Å². The van der Waals surface area contributed by atoms with Crippen LogP contribution in [0.4, 0.5) is 4.39 Å². The van der Waals surface area contributed by atoms with Gasteiger partial charge in [0, 0.05) is 18.7 Å². The summed E-state index contributed by atoms with van der Waals surface area (Å²) in [4.78, 5) is 0.109. The van der Waals surface area contributed by atoms with Crippen molar-refractivity contribution in [2.45, 2.75) is 38.0 Å².